The third-order valence-electron chi connectivity index (χ3n) is 4.11. The van der Waals surface area contributed by atoms with Crippen LogP contribution in [0.4, 0.5) is 0 Å². The molecule has 1 saturated heterocycles. The van der Waals surface area contributed by atoms with Gasteiger partial charge in [-0.05, 0) is 40.5 Å². The van der Waals surface area contributed by atoms with E-state index in [2.05, 4.69) is 10.3 Å². The molecule has 8 nitrogen and oxygen atoms in total. The fourth-order valence-corrected chi connectivity index (χ4v) is 2.65. The van der Waals surface area contributed by atoms with Gasteiger partial charge in [-0.2, -0.15) is 0 Å². The monoisotopic (exact) mass is 339 g/mol. The quantitative estimate of drug-likeness (QED) is 0.813. The van der Waals surface area contributed by atoms with E-state index in [4.69, 9.17) is 14.6 Å². The molecule has 1 N–H and O–H groups in total. The lowest BCUT2D eigenvalue weighted by molar-refractivity contribution is -0.173. The lowest BCUT2D eigenvalue weighted by atomic mass is 9.76. The van der Waals surface area contributed by atoms with Gasteiger partial charge in [0.15, 0.2) is 0 Å². The Kier molecular flexibility index (Phi) is 5.27. The smallest absolute Gasteiger partial charge is 0.328 e. The maximum atomic E-state index is 12.8. The Labute approximate surface area is 141 Å². The number of hydrogen-bond donors (Lipinski definition) is 1. The minimum Gasteiger partial charge on any atom is -0.480 e. The predicted octanol–water partition coefficient (Wildman–Crippen LogP) is 1.60. The van der Waals surface area contributed by atoms with Gasteiger partial charge in [0.2, 0.25) is 0 Å². The van der Waals surface area contributed by atoms with Crippen LogP contribution in [-0.2, 0) is 25.5 Å². The molecule has 134 valence electrons. The van der Waals surface area contributed by atoms with Gasteiger partial charge in [-0.15, -0.1) is 5.10 Å². The molecule has 2 heterocycles. The van der Waals surface area contributed by atoms with E-state index in [0.29, 0.717) is 38.2 Å². The van der Waals surface area contributed by atoms with Gasteiger partial charge in [-0.1, -0.05) is 5.21 Å². The van der Waals surface area contributed by atoms with Crippen LogP contribution >= 0.6 is 0 Å². The van der Waals surface area contributed by atoms with Gasteiger partial charge in [-0.3, -0.25) is 4.79 Å². The molecule has 2 rings (SSSR count). The van der Waals surface area contributed by atoms with Crippen molar-refractivity contribution in [1.82, 2.24) is 15.0 Å². The highest BCUT2D eigenvalue weighted by Gasteiger charge is 2.43. The van der Waals surface area contributed by atoms with E-state index < -0.39 is 23.0 Å². The lowest BCUT2D eigenvalue weighted by Gasteiger charge is -2.36. The minimum absolute atomic E-state index is 0.265. The van der Waals surface area contributed by atoms with Gasteiger partial charge in [0.25, 0.3) is 0 Å². The first-order valence-corrected chi connectivity index (χ1v) is 8.08. The topological polar surface area (TPSA) is 104 Å². The van der Waals surface area contributed by atoms with Gasteiger partial charge in [0, 0.05) is 25.8 Å². The van der Waals surface area contributed by atoms with Crippen LogP contribution in [0, 0.1) is 5.41 Å². The van der Waals surface area contributed by atoms with Crippen molar-refractivity contribution in [2.45, 2.75) is 58.6 Å². The van der Waals surface area contributed by atoms with E-state index in [9.17, 15) is 9.59 Å². The summed E-state index contributed by atoms with van der Waals surface area (Å²) in [6, 6.07) is -0.807. The van der Waals surface area contributed by atoms with E-state index >= 15 is 0 Å². The fourth-order valence-electron chi connectivity index (χ4n) is 2.65. The number of carboxylic acid groups (broad SMARTS) is 1. The van der Waals surface area contributed by atoms with Crippen molar-refractivity contribution < 1.29 is 24.2 Å². The van der Waals surface area contributed by atoms with Crippen LogP contribution in [-0.4, -0.2) is 50.9 Å². The molecule has 1 aliphatic heterocycles. The van der Waals surface area contributed by atoms with Crippen LogP contribution in [0.15, 0.2) is 6.20 Å². The fraction of sp³-hybridized carbons (Fsp3) is 0.750. The van der Waals surface area contributed by atoms with Crippen LogP contribution < -0.4 is 0 Å². The highest BCUT2D eigenvalue weighted by molar-refractivity contribution is 5.77. The molecular weight excluding hydrogens is 314 g/mol. The number of carboxylic acids is 1. The Morgan fingerprint density at radius 2 is 2.04 bits per heavy atom. The summed E-state index contributed by atoms with van der Waals surface area (Å²) in [4.78, 5) is 23.8. The first-order valence-electron chi connectivity index (χ1n) is 8.08. The van der Waals surface area contributed by atoms with Crippen molar-refractivity contribution in [3.63, 3.8) is 0 Å². The molecule has 0 saturated carbocycles. The molecule has 8 heteroatoms. The molecular formula is C16H25N3O5. The summed E-state index contributed by atoms with van der Waals surface area (Å²) >= 11 is 0. The second-order valence-corrected chi connectivity index (χ2v) is 7.28. The standard InChI is InChI=1S/C16H25N3O5/c1-11(13(20)21)19-10-12(17-18-19)9-16(5-7-23-8-6-16)14(22)24-15(2,3)4/h10-11H,5-9H2,1-4H3,(H,20,21). The SMILES string of the molecule is CC(C(=O)O)n1cc(CC2(C(=O)OC(C)(C)C)CCOCC2)nn1. The summed E-state index contributed by atoms with van der Waals surface area (Å²) in [5, 5.41) is 17.0. The molecule has 1 aliphatic rings. The summed E-state index contributed by atoms with van der Waals surface area (Å²) in [7, 11) is 0. The lowest BCUT2D eigenvalue weighted by Crippen LogP contribution is -2.43. The van der Waals surface area contributed by atoms with Gasteiger partial charge >= 0.3 is 11.9 Å². The predicted molar refractivity (Wildman–Crippen MR) is 84.4 cm³/mol. The zero-order valence-corrected chi connectivity index (χ0v) is 14.6. The Morgan fingerprint density at radius 1 is 1.42 bits per heavy atom. The minimum atomic E-state index is -0.987. The molecule has 0 bridgehead atoms. The molecule has 24 heavy (non-hydrogen) atoms. The largest absolute Gasteiger partial charge is 0.480 e. The van der Waals surface area contributed by atoms with Crippen LogP contribution in [0.1, 0.15) is 52.3 Å². The molecule has 1 aromatic rings. The van der Waals surface area contributed by atoms with E-state index in [1.165, 1.54) is 11.6 Å². The number of ether oxygens (including phenoxy) is 2. The molecule has 1 fully saturated rings. The molecule has 1 atom stereocenters. The van der Waals surface area contributed by atoms with E-state index in [1.807, 2.05) is 20.8 Å². The maximum absolute atomic E-state index is 12.8. The number of carbonyl (C=O) groups is 2. The van der Waals surface area contributed by atoms with Crippen molar-refractivity contribution >= 4 is 11.9 Å². The molecule has 1 aromatic heterocycles. The summed E-state index contributed by atoms with van der Waals surface area (Å²) in [5.74, 6) is -1.25. The molecule has 0 aliphatic carbocycles. The number of nitrogens with zero attached hydrogens (tertiary/aromatic N) is 3. The van der Waals surface area contributed by atoms with E-state index in [0.717, 1.165) is 0 Å². The van der Waals surface area contributed by atoms with Crippen LogP contribution in [0.3, 0.4) is 0 Å². The van der Waals surface area contributed by atoms with Crippen molar-refractivity contribution in [1.29, 1.82) is 0 Å². The Bertz CT molecular complexity index is 599. The van der Waals surface area contributed by atoms with E-state index in [1.54, 1.807) is 6.20 Å². The van der Waals surface area contributed by atoms with Gasteiger partial charge in [-0.25, -0.2) is 9.48 Å². The normalized spacial score (nSPS) is 18.8. The third kappa shape index (κ3) is 4.31. The Hall–Kier alpha value is -1.96. The molecule has 1 unspecified atom stereocenters. The number of hydrogen-bond acceptors (Lipinski definition) is 6. The van der Waals surface area contributed by atoms with Crippen molar-refractivity contribution in [2.75, 3.05) is 13.2 Å². The van der Waals surface area contributed by atoms with Crippen LogP contribution in [0.5, 0.6) is 0 Å². The summed E-state index contributed by atoms with van der Waals surface area (Å²) in [6.45, 7) is 8.00. The summed E-state index contributed by atoms with van der Waals surface area (Å²) in [5.41, 5.74) is -0.702. The van der Waals surface area contributed by atoms with Gasteiger partial charge in [0.05, 0.1) is 11.1 Å². The molecule has 0 spiro atoms. The Balaban J connectivity index is 2.20. The Morgan fingerprint density at radius 3 is 2.58 bits per heavy atom. The van der Waals surface area contributed by atoms with Crippen molar-refractivity contribution in [2.24, 2.45) is 5.41 Å². The van der Waals surface area contributed by atoms with Crippen molar-refractivity contribution in [3.8, 4) is 0 Å². The first-order chi connectivity index (χ1) is 11.1. The number of aromatic nitrogens is 3. The number of rotatable bonds is 5. The summed E-state index contributed by atoms with van der Waals surface area (Å²) in [6.07, 6.45) is 3.03. The van der Waals surface area contributed by atoms with Gasteiger partial charge in [0.1, 0.15) is 11.6 Å². The highest BCUT2D eigenvalue weighted by Crippen LogP contribution is 2.36. The zero-order chi connectivity index (χ0) is 18.0. The molecule has 0 radical (unpaired) electrons. The third-order valence-corrected chi connectivity index (χ3v) is 4.11. The number of carbonyl (C=O) groups excluding carboxylic acids is 1. The molecule has 0 amide bonds. The first kappa shape index (κ1) is 18.4. The maximum Gasteiger partial charge on any atom is 0.328 e. The zero-order valence-electron chi connectivity index (χ0n) is 14.6. The summed E-state index contributed by atoms with van der Waals surface area (Å²) < 4.78 is 12.3. The number of aliphatic carboxylic acids is 1. The van der Waals surface area contributed by atoms with Crippen molar-refractivity contribution in [3.05, 3.63) is 11.9 Å². The van der Waals surface area contributed by atoms with Crippen LogP contribution in [0.25, 0.3) is 0 Å². The number of esters is 1. The highest BCUT2D eigenvalue weighted by atomic mass is 16.6. The second kappa shape index (κ2) is 6.88. The van der Waals surface area contributed by atoms with E-state index in [-0.39, 0.29) is 5.97 Å². The average Bonchev–Trinajstić information content (AvgIpc) is 2.93. The second-order valence-electron chi connectivity index (χ2n) is 7.28. The molecule has 0 aromatic carbocycles. The average molecular weight is 339 g/mol. The van der Waals surface area contributed by atoms with Gasteiger partial charge < -0.3 is 14.6 Å². The van der Waals surface area contributed by atoms with Crippen LogP contribution in [0.2, 0.25) is 0 Å².